The topological polar surface area (TPSA) is 63.7 Å². The molecule has 2 aliphatic rings. The molecule has 0 bridgehead atoms. The normalized spacial score (nSPS) is 18.6. The molecule has 1 aliphatic heterocycles. The van der Waals surface area contributed by atoms with Crippen molar-refractivity contribution in [1.29, 1.82) is 0 Å². The third-order valence-corrected chi connectivity index (χ3v) is 4.57. The van der Waals surface area contributed by atoms with Crippen LogP contribution < -0.4 is 4.74 Å². The van der Waals surface area contributed by atoms with Crippen LogP contribution >= 0.6 is 0 Å². The molecular formula is C20H15NO4. The van der Waals surface area contributed by atoms with Crippen LogP contribution in [0.15, 0.2) is 60.7 Å². The largest absolute Gasteiger partial charge is 0.423 e. The van der Waals surface area contributed by atoms with E-state index >= 15 is 0 Å². The molecule has 0 radical (unpaired) electrons. The Morgan fingerprint density at radius 2 is 1.68 bits per heavy atom. The minimum absolute atomic E-state index is 0.305. The lowest BCUT2D eigenvalue weighted by Crippen LogP contribution is -2.33. The van der Waals surface area contributed by atoms with E-state index in [-0.39, 0.29) is 17.9 Å². The molecule has 4 rings (SSSR count). The van der Waals surface area contributed by atoms with E-state index in [9.17, 15) is 14.4 Å². The molecule has 1 heterocycles. The van der Waals surface area contributed by atoms with Gasteiger partial charge in [0.1, 0.15) is 5.75 Å². The third-order valence-electron chi connectivity index (χ3n) is 4.57. The molecule has 2 aromatic carbocycles. The lowest BCUT2D eigenvalue weighted by molar-refractivity contribution is -0.139. The van der Waals surface area contributed by atoms with Gasteiger partial charge in [0.2, 0.25) is 0 Å². The van der Waals surface area contributed by atoms with Crippen LogP contribution in [0.3, 0.4) is 0 Å². The molecule has 1 atom stereocenters. The number of fused-ring (bicyclic) bond motifs is 1. The summed E-state index contributed by atoms with van der Waals surface area (Å²) in [6.45, 7) is 0. The Bertz CT molecular complexity index is 883. The van der Waals surface area contributed by atoms with E-state index in [0.717, 1.165) is 11.1 Å². The lowest BCUT2D eigenvalue weighted by atomic mass is 10.0. The average molecular weight is 333 g/mol. The Kier molecular flexibility index (Phi) is 3.69. The maximum absolute atomic E-state index is 12.5. The number of carbonyl (C=O) groups is 3. The average Bonchev–Trinajstić information content (AvgIpc) is 3.18. The summed E-state index contributed by atoms with van der Waals surface area (Å²) < 4.78 is 5.43. The van der Waals surface area contributed by atoms with Gasteiger partial charge in [-0.25, -0.2) is 4.79 Å². The van der Waals surface area contributed by atoms with Crippen molar-refractivity contribution in [2.45, 2.75) is 18.9 Å². The van der Waals surface area contributed by atoms with Gasteiger partial charge in [-0.1, -0.05) is 30.3 Å². The fourth-order valence-corrected chi connectivity index (χ4v) is 3.46. The highest BCUT2D eigenvalue weighted by atomic mass is 16.5. The summed E-state index contributed by atoms with van der Waals surface area (Å²) in [4.78, 5) is 37.7. The predicted octanol–water partition coefficient (Wildman–Crippen LogP) is 2.82. The Balaban J connectivity index is 1.64. The van der Waals surface area contributed by atoms with Crippen molar-refractivity contribution in [3.05, 3.63) is 77.4 Å². The van der Waals surface area contributed by atoms with Gasteiger partial charge < -0.3 is 4.74 Å². The van der Waals surface area contributed by atoms with Crippen LogP contribution in [0.5, 0.6) is 5.75 Å². The molecule has 0 saturated carbocycles. The Morgan fingerprint density at radius 3 is 2.40 bits per heavy atom. The van der Waals surface area contributed by atoms with Crippen LogP contribution in [0.25, 0.3) is 0 Å². The zero-order chi connectivity index (χ0) is 17.4. The molecule has 25 heavy (non-hydrogen) atoms. The van der Waals surface area contributed by atoms with Crippen molar-refractivity contribution in [1.82, 2.24) is 4.90 Å². The molecule has 0 spiro atoms. The maximum atomic E-state index is 12.5. The first-order valence-electron chi connectivity index (χ1n) is 8.09. The van der Waals surface area contributed by atoms with Crippen molar-refractivity contribution in [2.24, 2.45) is 0 Å². The number of hydrogen-bond acceptors (Lipinski definition) is 4. The first-order valence-corrected chi connectivity index (χ1v) is 8.09. The highest BCUT2D eigenvalue weighted by Crippen LogP contribution is 2.39. The fraction of sp³-hybridized carbons (Fsp3) is 0.150. The van der Waals surface area contributed by atoms with Crippen molar-refractivity contribution < 1.29 is 19.1 Å². The van der Waals surface area contributed by atoms with E-state index in [1.165, 1.54) is 17.1 Å². The number of para-hydroxylation sites is 1. The monoisotopic (exact) mass is 333 g/mol. The summed E-state index contributed by atoms with van der Waals surface area (Å²) in [7, 11) is 0. The molecule has 0 N–H and O–H groups in total. The van der Waals surface area contributed by atoms with E-state index in [0.29, 0.717) is 24.2 Å². The van der Waals surface area contributed by atoms with E-state index in [1.54, 1.807) is 36.4 Å². The van der Waals surface area contributed by atoms with Gasteiger partial charge in [-0.05, 0) is 42.2 Å². The maximum Gasteiger partial charge on any atom is 0.343 e. The molecular weight excluding hydrogens is 318 g/mol. The zero-order valence-electron chi connectivity index (χ0n) is 13.3. The van der Waals surface area contributed by atoms with Gasteiger partial charge in [0.15, 0.2) is 0 Å². The summed E-state index contributed by atoms with van der Waals surface area (Å²) in [6, 6.07) is 13.9. The number of rotatable bonds is 3. The molecule has 2 amide bonds. The molecule has 2 aromatic rings. The number of ether oxygens (including phenoxy) is 1. The first-order chi connectivity index (χ1) is 12.1. The van der Waals surface area contributed by atoms with Crippen molar-refractivity contribution in [2.75, 3.05) is 0 Å². The van der Waals surface area contributed by atoms with Crippen molar-refractivity contribution in [3.63, 3.8) is 0 Å². The standard InChI is InChI=1S/C20H15NO4/c22-18-11-12-19(23)21(18)17-10-9-14-15(17)7-4-8-16(14)20(24)25-13-5-2-1-3-6-13/h1-8,11-12,17H,9-10H2/t17-/m0/s1. The summed E-state index contributed by atoms with van der Waals surface area (Å²) in [5.41, 5.74) is 2.17. The Hall–Kier alpha value is -3.21. The van der Waals surface area contributed by atoms with Gasteiger partial charge in [0.05, 0.1) is 11.6 Å². The first kappa shape index (κ1) is 15.3. The fourth-order valence-electron chi connectivity index (χ4n) is 3.46. The number of hydrogen-bond donors (Lipinski definition) is 0. The van der Waals surface area contributed by atoms with Crippen LogP contribution in [0.2, 0.25) is 0 Å². The third kappa shape index (κ3) is 2.63. The second kappa shape index (κ2) is 6.02. The summed E-state index contributed by atoms with van der Waals surface area (Å²) in [5.74, 6) is -0.560. The van der Waals surface area contributed by atoms with Gasteiger partial charge in [-0.15, -0.1) is 0 Å². The zero-order valence-corrected chi connectivity index (χ0v) is 13.3. The molecule has 0 unspecified atom stereocenters. The quantitative estimate of drug-likeness (QED) is 0.492. The summed E-state index contributed by atoms with van der Waals surface area (Å²) in [6.07, 6.45) is 3.81. The van der Waals surface area contributed by atoms with Gasteiger partial charge in [0.25, 0.3) is 11.8 Å². The van der Waals surface area contributed by atoms with E-state index in [2.05, 4.69) is 0 Å². The minimum Gasteiger partial charge on any atom is -0.423 e. The van der Waals surface area contributed by atoms with E-state index < -0.39 is 5.97 Å². The minimum atomic E-state index is -0.430. The number of imide groups is 1. The van der Waals surface area contributed by atoms with Crippen molar-refractivity contribution >= 4 is 17.8 Å². The van der Waals surface area contributed by atoms with Crippen LogP contribution in [0.4, 0.5) is 0 Å². The number of carbonyl (C=O) groups excluding carboxylic acids is 3. The second-order valence-corrected chi connectivity index (χ2v) is 6.01. The molecule has 5 heteroatoms. The number of nitrogens with zero attached hydrogens (tertiary/aromatic N) is 1. The molecule has 1 aliphatic carbocycles. The molecule has 0 aromatic heterocycles. The number of benzene rings is 2. The predicted molar refractivity (Wildman–Crippen MR) is 89.9 cm³/mol. The SMILES string of the molecule is O=C(Oc1ccccc1)c1cccc2c1CC[C@@H]2N1C(=O)C=CC1=O. The van der Waals surface area contributed by atoms with E-state index in [1.807, 2.05) is 12.1 Å². The highest BCUT2D eigenvalue weighted by Gasteiger charge is 2.37. The molecule has 0 fully saturated rings. The molecule has 5 nitrogen and oxygen atoms in total. The van der Waals surface area contributed by atoms with Gasteiger partial charge in [-0.2, -0.15) is 0 Å². The van der Waals surface area contributed by atoms with Gasteiger partial charge in [0, 0.05) is 12.2 Å². The Labute approximate surface area is 144 Å². The molecule has 124 valence electrons. The summed E-state index contributed by atoms with van der Waals surface area (Å²) in [5, 5.41) is 0. The van der Waals surface area contributed by atoms with Crippen LogP contribution in [-0.2, 0) is 16.0 Å². The van der Waals surface area contributed by atoms with E-state index in [4.69, 9.17) is 4.74 Å². The Morgan fingerprint density at radius 1 is 0.960 bits per heavy atom. The molecule has 0 saturated heterocycles. The second-order valence-electron chi connectivity index (χ2n) is 6.01. The van der Waals surface area contributed by atoms with Gasteiger partial charge >= 0.3 is 5.97 Å². The van der Waals surface area contributed by atoms with Crippen LogP contribution in [0, 0.1) is 0 Å². The smallest absolute Gasteiger partial charge is 0.343 e. The number of amides is 2. The summed E-state index contributed by atoms with van der Waals surface area (Å²) >= 11 is 0. The van der Waals surface area contributed by atoms with Crippen LogP contribution in [-0.4, -0.2) is 22.7 Å². The lowest BCUT2D eigenvalue weighted by Gasteiger charge is -2.23. The van der Waals surface area contributed by atoms with Crippen LogP contribution in [0.1, 0.15) is 33.9 Å². The van der Waals surface area contributed by atoms with Gasteiger partial charge in [-0.3, -0.25) is 14.5 Å². The van der Waals surface area contributed by atoms with Crippen molar-refractivity contribution in [3.8, 4) is 5.75 Å². The number of esters is 1. The highest BCUT2D eigenvalue weighted by molar-refractivity contribution is 6.13.